The second-order valence-electron chi connectivity index (χ2n) is 33.5. The Bertz CT molecular complexity index is 7400. The molecule has 10 nitrogen and oxygen atoms in total. The number of fused-ring (bicyclic) bond motifs is 5. The van der Waals surface area contributed by atoms with E-state index in [9.17, 15) is 0 Å². The maximum atomic E-state index is 16.9. The van der Waals surface area contributed by atoms with Gasteiger partial charge in [-0.15, -0.1) is 0 Å². The first-order valence-electron chi connectivity index (χ1n) is 31.4. The Morgan fingerprint density at radius 1 is 0.264 bits per heavy atom. The Balaban J connectivity index is 1.07. The van der Waals surface area contributed by atoms with E-state index in [0.717, 1.165) is 88.5 Å². The minimum absolute atomic E-state index is 0.606. The second-order valence-corrected chi connectivity index (χ2v) is 35.0. The van der Waals surface area contributed by atoms with Crippen molar-refractivity contribution in [3.63, 3.8) is 0 Å². The summed E-state index contributed by atoms with van der Waals surface area (Å²) in [5.74, 6) is 0.763. The van der Waals surface area contributed by atoms with Crippen molar-refractivity contribution < 1.29 is 48.9 Å². The number of aliphatic hydroxyl groups is 1. The number of rotatable bonds is 8. The summed E-state index contributed by atoms with van der Waals surface area (Å²) in [6.45, 7) is 24.9. The maximum absolute atomic E-state index is 16.9. The SMILES string of the molecule is CC(C)(C)OO[C@]12C3=C4C5=C6[C@]7(OOC(C)(C)C)c8c9c%10c%11c(c%12c%13c%14c(c1c1c%15c2c2c%16c%17c(c7c7c8c8c%10c%10c%18c%11c%13c%11c%13c%14c1c1c%14c%15c%16c%15c%16c%17c7c7c8c%10c8c(c%11%18)c(c1%13)c(c%15%14)c8c7%16)[C@](I)(O2)[C@]36O)[C@@]4%12OOC(C)(C)C)[C@@]59OOC(C)(C)C. The minimum Gasteiger partial charge on any atom is -0.467 e. The highest BCUT2D eigenvalue weighted by Gasteiger charge is 2.88. The first-order valence-corrected chi connectivity index (χ1v) is 32.4. The summed E-state index contributed by atoms with van der Waals surface area (Å²) in [4.78, 5) is 61.9. The molecule has 0 amide bonds. The van der Waals surface area contributed by atoms with Crippen LogP contribution in [0.1, 0.15) is 133 Å². The molecule has 1 heterocycles. The highest BCUT2D eigenvalue weighted by Crippen LogP contribution is 2.91. The molecule has 1 aliphatic heterocycles. The molecule has 0 bridgehead atoms. The van der Waals surface area contributed by atoms with Crippen molar-refractivity contribution in [2.24, 2.45) is 0 Å². The second kappa shape index (κ2) is 9.62. The van der Waals surface area contributed by atoms with Gasteiger partial charge in [-0.05, 0) is 278 Å². The summed E-state index contributed by atoms with van der Waals surface area (Å²) in [7, 11) is 0. The molecule has 0 spiro atoms. The Morgan fingerprint density at radius 2 is 0.460 bits per heavy atom. The van der Waals surface area contributed by atoms with Crippen LogP contribution in [-0.4, -0.2) is 33.1 Å². The largest absolute Gasteiger partial charge is 0.467 e. The standard InChI is InChI=1S/C76H37IO10/c1-67(2,3)80-84-71-53-43-33-23-18-13-14-16-17-15(13)20-26-24(18)34(33)44-46-36(26)38-29(20)30-22(17)32-31-21(16)28-27-19(14)25(23)35-37(27)47-48-39(28)40(31)51-52-42(32)41(30)50-49(38)58-56(46)72(54(44)53,85-81-68(4,5)6)63-62(71)65-73(86-82-69(7,8)9,57(47)55(71)45(35)43)59(48)60(51)76(77)75(65,78)66(63)74(58,61(50)64(52)79-76)87-83-70(10,11)12/h78H,1-12H3/t71-,72+,73-,74+,75+,76-/m0/s1. The van der Waals surface area contributed by atoms with E-state index in [-0.39, 0.29) is 0 Å². The van der Waals surface area contributed by atoms with Crippen LogP contribution < -0.4 is 4.74 Å². The van der Waals surface area contributed by atoms with Gasteiger partial charge in [0.25, 0.3) is 0 Å². The minimum atomic E-state index is -2.16. The van der Waals surface area contributed by atoms with Gasteiger partial charge in [-0.2, -0.15) is 0 Å². The van der Waals surface area contributed by atoms with E-state index in [2.05, 4.69) is 106 Å². The Hall–Kier alpha value is -6.85. The van der Waals surface area contributed by atoms with Crippen molar-refractivity contribution in [1.82, 2.24) is 0 Å². The van der Waals surface area contributed by atoms with Gasteiger partial charge in [-0.25, -0.2) is 39.1 Å². The van der Waals surface area contributed by atoms with Gasteiger partial charge < -0.3 is 9.84 Å². The third-order valence-corrected chi connectivity index (χ3v) is 27.4. The van der Waals surface area contributed by atoms with Gasteiger partial charge in [0.05, 0.1) is 22.4 Å². The fourth-order valence-corrected chi connectivity index (χ4v) is 26.6. The zero-order valence-electron chi connectivity index (χ0n) is 48.5. The van der Waals surface area contributed by atoms with Crippen LogP contribution in [0.15, 0.2) is 22.3 Å². The number of hydrogen-bond donors (Lipinski definition) is 1. The first-order chi connectivity index (χ1) is 41.5. The summed E-state index contributed by atoms with van der Waals surface area (Å²) < 4.78 is 6.99. The van der Waals surface area contributed by atoms with E-state index in [1.807, 2.05) is 0 Å². The van der Waals surface area contributed by atoms with Crippen LogP contribution in [0, 0.1) is 0 Å². The highest BCUT2D eigenvalue weighted by molar-refractivity contribution is 14.1. The van der Waals surface area contributed by atoms with Crippen LogP contribution >= 0.6 is 22.6 Å². The van der Waals surface area contributed by atoms with Crippen LogP contribution in [0.25, 0.3) is 215 Å². The van der Waals surface area contributed by atoms with Gasteiger partial charge in [0.15, 0.2) is 28.0 Å². The van der Waals surface area contributed by atoms with E-state index < -0.39 is 54.0 Å². The monoisotopic (exact) mass is 1240 g/mol. The first kappa shape index (κ1) is 41.4. The lowest BCUT2D eigenvalue weighted by Gasteiger charge is -2.57. The van der Waals surface area contributed by atoms with E-state index in [4.69, 9.17) is 43.8 Å². The molecule has 9 aliphatic carbocycles. The molecule has 10 aliphatic rings. The summed E-state index contributed by atoms with van der Waals surface area (Å²) in [5.41, 5.74) is -0.366. The third-order valence-electron chi connectivity index (χ3n) is 25.8. The van der Waals surface area contributed by atoms with Crippen molar-refractivity contribution in [2.45, 2.75) is 137 Å². The summed E-state index contributed by atoms with van der Waals surface area (Å²) in [5, 5.41) is 69.3. The molecule has 0 fully saturated rings. The van der Waals surface area contributed by atoms with Crippen molar-refractivity contribution in [3.8, 4) is 5.75 Å². The van der Waals surface area contributed by atoms with Crippen molar-refractivity contribution in [3.05, 3.63) is 72.4 Å². The predicted octanol–water partition coefficient (Wildman–Crippen LogP) is 18.2. The van der Waals surface area contributed by atoms with Crippen LogP contribution in [0.5, 0.6) is 5.75 Å². The Labute approximate surface area is 499 Å². The van der Waals surface area contributed by atoms with E-state index in [1.165, 1.54) is 194 Å². The quantitative estimate of drug-likeness (QED) is 0.0520. The Kier molecular flexibility index (Phi) is 4.58. The number of alkyl halides is 1. The zero-order chi connectivity index (χ0) is 56.5. The molecule has 408 valence electrons. The number of halogens is 1. The molecule has 0 unspecified atom stereocenters. The summed E-state index contributed by atoms with van der Waals surface area (Å²) in [6, 6.07) is 0. The van der Waals surface area contributed by atoms with E-state index in [1.54, 1.807) is 0 Å². The molecule has 0 aromatic heterocycles. The molecule has 1 N–H and O–H groups in total. The smallest absolute Gasteiger partial charge is 0.221 e. The van der Waals surface area contributed by atoms with Crippen LogP contribution in [-0.2, 0) is 65.1 Å². The molecule has 87 heavy (non-hydrogen) atoms. The van der Waals surface area contributed by atoms with Gasteiger partial charge in [-0.1, -0.05) is 0 Å². The highest BCUT2D eigenvalue weighted by atomic mass is 127. The molecule has 0 saturated heterocycles. The number of ether oxygens (including phenoxy) is 1. The van der Waals surface area contributed by atoms with Gasteiger partial charge in [-0.3, -0.25) is 0 Å². The molecular weight excluding hydrogens is 1200 g/mol. The van der Waals surface area contributed by atoms with E-state index >= 15 is 5.11 Å². The van der Waals surface area contributed by atoms with Gasteiger partial charge in [0.1, 0.15) is 5.75 Å². The summed E-state index contributed by atoms with van der Waals surface area (Å²) in [6.07, 6.45) is 0. The van der Waals surface area contributed by atoms with Crippen LogP contribution in [0.2, 0.25) is 0 Å². The number of benzene rings is 15. The van der Waals surface area contributed by atoms with Gasteiger partial charge in [0, 0.05) is 115 Å². The van der Waals surface area contributed by atoms with Crippen molar-refractivity contribution in [1.29, 1.82) is 0 Å². The molecular formula is C76H37IO10. The zero-order valence-corrected chi connectivity index (χ0v) is 50.7. The lowest BCUT2D eigenvalue weighted by molar-refractivity contribution is -0.408. The van der Waals surface area contributed by atoms with E-state index in [0.29, 0.717) is 11.1 Å². The normalized spacial score (nSPS) is 29.2. The molecule has 21 aromatic rings. The summed E-state index contributed by atoms with van der Waals surface area (Å²) >= 11 is 2.62. The fourth-order valence-electron chi connectivity index (χ4n) is 25.3. The third kappa shape index (κ3) is 2.71. The molecule has 21 aromatic carbocycles. The van der Waals surface area contributed by atoms with Crippen molar-refractivity contribution >= 4 is 238 Å². The Morgan fingerprint density at radius 3 is 0.736 bits per heavy atom. The molecule has 0 saturated carbocycles. The lowest BCUT2D eigenvalue weighted by Crippen LogP contribution is -2.65. The molecule has 11 heteroatoms. The van der Waals surface area contributed by atoms with Crippen molar-refractivity contribution in [2.75, 3.05) is 0 Å². The molecule has 0 radical (unpaired) electrons. The fraction of sp³-hybridized carbons (Fsp3) is 0.289. The topological polar surface area (TPSA) is 103 Å². The number of hydrogen-bond acceptors (Lipinski definition) is 10. The predicted molar refractivity (Wildman–Crippen MR) is 344 cm³/mol. The average molecular weight is 1240 g/mol. The van der Waals surface area contributed by atoms with Crippen LogP contribution in [0.3, 0.4) is 0 Å². The molecule has 31 rings (SSSR count). The van der Waals surface area contributed by atoms with Gasteiger partial charge >= 0.3 is 0 Å². The maximum Gasteiger partial charge on any atom is 0.221 e. The average Bonchev–Trinajstić information content (AvgIpc) is 1.38. The van der Waals surface area contributed by atoms with Crippen LogP contribution in [0.4, 0.5) is 0 Å². The lowest BCUT2D eigenvalue weighted by atomic mass is 9.55. The van der Waals surface area contributed by atoms with Gasteiger partial charge in [0.2, 0.25) is 3.61 Å². The molecule has 6 atom stereocenters.